The van der Waals surface area contributed by atoms with Crippen LogP contribution in [-0.4, -0.2) is 27.4 Å². The quantitative estimate of drug-likeness (QED) is 0.625. The number of nitro benzene ring substituents is 1. The number of hydrogen-bond acceptors (Lipinski definition) is 5. The van der Waals surface area contributed by atoms with Crippen LogP contribution in [0.25, 0.3) is 0 Å². The molecule has 0 aliphatic carbocycles. The van der Waals surface area contributed by atoms with E-state index >= 15 is 0 Å². The highest BCUT2D eigenvalue weighted by atomic mass is 35.5. The van der Waals surface area contributed by atoms with Gasteiger partial charge in [-0.25, -0.2) is 12.8 Å². The van der Waals surface area contributed by atoms with Crippen molar-refractivity contribution in [1.29, 1.82) is 0 Å². The van der Waals surface area contributed by atoms with Gasteiger partial charge in [0.25, 0.3) is 15.7 Å². The first-order valence-electron chi connectivity index (χ1n) is 6.98. The van der Waals surface area contributed by atoms with Crippen molar-refractivity contribution in [2.45, 2.75) is 11.8 Å². The number of halogens is 2. The molecular formula is C15H15ClFN3O4S. The van der Waals surface area contributed by atoms with Crippen LogP contribution < -0.4 is 9.62 Å². The molecule has 0 spiro atoms. The molecule has 10 heteroatoms. The molecule has 2 aromatic carbocycles. The zero-order chi connectivity index (χ0) is 18.9. The standard InChI is InChI=1S/C15H15ClFN3O4S/c1-9-7-11(17)14(8-13(9)20(21)22)25(23,24)18-12-6-4-5-10(16)15(12)19(2)3/h4-8,18H,1-3H3. The number of rotatable bonds is 5. The van der Waals surface area contributed by atoms with E-state index in [1.807, 2.05) is 0 Å². The first-order valence-corrected chi connectivity index (χ1v) is 8.84. The predicted octanol–water partition coefficient (Wildman–Crippen LogP) is 3.56. The molecule has 0 atom stereocenters. The van der Waals surface area contributed by atoms with E-state index in [2.05, 4.69) is 4.72 Å². The van der Waals surface area contributed by atoms with Crippen molar-refractivity contribution in [3.8, 4) is 0 Å². The lowest BCUT2D eigenvalue weighted by atomic mass is 10.2. The van der Waals surface area contributed by atoms with E-state index in [4.69, 9.17) is 11.6 Å². The summed E-state index contributed by atoms with van der Waals surface area (Å²) in [5.74, 6) is -1.08. The minimum atomic E-state index is -4.40. The van der Waals surface area contributed by atoms with E-state index in [1.54, 1.807) is 25.1 Å². The van der Waals surface area contributed by atoms with Crippen LogP contribution in [0.15, 0.2) is 35.2 Å². The third-order valence-electron chi connectivity index (χ3n) is 3.41. The second-order valence-electron chi connectivity index (χ2n) is 5.46. The molecule has 0 unspecified atom stereocenters. The molecule has 0 radical (unpaired) electrons. The summed E-state index contributed by atoms with van der Waals surface area (Å²) in [5, 5.41) is 11.3. The maximum Gasteiger partial charge on any atom is 0.273 e. The molecule has 2 rings (SSSR count). The van der Waals surface area contributed by atoms with Crippen LogP contribution in [0.1, 0.15) is 5.56 Å². The van der Waals surface area contributed by atoms with Gasteiger partial charge in [0.1, 0.15) is 10.7 Å². The number of hydrogen-bond donors (Lipinski definition) is 1. The zero-order valence-electron chi connectivity index (χ0n) is 13.6. The average Bonchev–Trinajstić information content (AvgIpc) is 2.45. The fourth-order valence-electron chi connectivity index (χ4n) is 2.30. The van der Waals surface area contributed by atoms with Gasteiger partial charge in [0.2, 0.25) is 0 Å². The van der Waals surface area contributed by atoms with E-state index in [-0.39, 0.29) is 11.3 Å². The van der Waals surface area contributed by atoms with Gasteiger partial charge in [-0.3, -0.25) is 14.8 Å². The first kappa shape index (κ1) is 18.9. The Kier molecular flexibility index (Phi) is 5.19. The molecule has 0 aliphatic heterocycles. The molecule has 0 aromatic heterocycles. The SMILES string of the molecule is Cc1cc(F)c(S(=O)(=O)Nc2cccc(Cl)c2N(C)C)cc1[N+](=O)[O-]. The number of nitrogens with zero attached hydrogens (tertiary/aromatic N) is 2. The highest BCUT2D eigenvalue weighted by molar-refractivity contribution is 7.92. The van der Waals surface area contributed by atoms with E-state index in [0.717, 1.165) is 6.07 Å². The summed E-state index contributed by atoms with van der Waals surface area (Å²) in [4.78, 5) is 11.0. The van der Waals surface area contributed by atoms with Gasteiger partial charge in [0.15, 0.2) is 0 Å². The van der Waals surface area contributed by atoms with E-state index in [1.165, 1.54) is 19.1 Å². The van der Waals surface area contributed by atoms with Gasteiger partial charge < -0.3 is 4.90 Å². The largest absolute Gasteiger partial charge is 0.375 e. The van der Waals surface area contributed by atoms with Gasteiger partial charge in [-0.2, -0.15) is 0 Å². The Labute approximate surface area is 149 Å². The average molecular weight is 388 g/mol. The lowest BCUT2D eigenvalue weighted by molar-refractivity contribution is -0.385. The predicted molar refractivity (Wildman–Crippen MR) is 94.4 cm³/mol. The van der Waals surface area contributed by atoms with E-state index in [9.17, 15) is 22.9 Å². The number of benzene rings is 2. The molecule has 0 saturated heterocycles. The fraction of sp³-hybridized carbons (Fsp3) is 0.200. The highest BCUT2D eigenvalue weighted by Crippen LogP contribution is 2.34. The molecule has 7 nitrogen and oxygen atoms in total. The van der Waals surface area contributed by atoms with Crippen molar-refractivity contribution in [2.24, 2.45) is 0 Å². The van der Waals surface area contributed by atoms with Crippen molar-refractivity contribution < 1.29 is 17.7 Å². The third-order valence-corrected chi connectivity index (χ3v) is 5.10. The second kappa shape index (κ2) is 6.85. The Morgan fingerprint density at radius 3 is 2.48 bits per heavy atom. The summed E-state index contributed by atoms with van der Waals surface area (Å²) >= 11 is 6.08. The molecular weight excluding hydrogens is 373 g/mol. The molecule has 0 saturated carbocycles. The minimum Gasteiger partial charge on any atom is -0.375 e. The number of aryl methyl sites for hydroxylation is 1. The lowest BCUT2D eigenvalue weighted by Crippen LogP contribution is -2.18. The van der Waals surface area contributed by atoms with E-state index < -0.39 is 31.3 Å². The van der Waals surface area contributed by atoms with Gasteiger partial charge >= 0.3 is 0 Å². The topological polar surface area (TPSA) is 92.6 Å². The van der Waals surface area contributed by atoms with Crippen molar-refractivity contribution in [2.75, 3.05) is 23.7 Å². The van der Waals surface area contributed by atoms with Crippen LogP contribution in [0.5, 0.6) is 0 Å². The van der Waals surface area contributed by atoms with Crippen molar-refractivity contribution in [1.82, 2.24) is 0 Å². The molecule has 0 amide bonds. The molecule has 134 valence electrons. The minimum absolute atomic E-state index is 0.0261. The molecule has 0 heterocycles. The molecule has 1 N–H and O–H groups in total. The normalized spacial score (nSPS) is 11.2. The monoisotopic (exact) mass is 387 g/mol. The van der Waals surface area contributed by atoms with Crippen LogP contribution in [0.2, 0.25) is 5.02 Å². The van der Waals surface area contributed by atoms with Gasteiger partial charge in [0.05, 0.1) is 21.3 Å². The number of anilines is 2. The zero-order valence-corrected chi connectivity index (χ0v) is 15.2. The Morgan fingerprint density at radius 2 is 1.92 bits per heavy atom. The number of nitro groups is 1. The molecule has 2 aromatic rings. The number of para-hydroxylation sites is 1. The summed E-state index contributed by atoms with van der Waals surface area (Å²) in [6.07, 6.45) is 0. The van der Waals surface area contributed by atoms with Crippen LogP contribution >= 0.6 is 11.6 Å². The number of nitrogens with one attached hydrogen (secondary N) is 1. The lowest BCUT2D eigenvalue weighted by Gasteiger charge is -2.20. The van der Waals surface area contributed by atoms with Crippen molar-refractivity contribution >= 4 is 38.7 Å². The molecule has 0 fully saturated rings. The number of sulfonamides is 1. The summed E-state index contributed by atoms with van der Waals surface area (Å²) in [7, 11) is -1.08. The first-order chi connectivity index (χ1) is 11.5. The molecule has 0 aliphatic rings. The van der Waals surface area contributed by atoms with Gasteiger partial charge in [0, 0.05) is 25.7 Å². The Bertz CT molecular complexity index is 948. The highest BCUT2D eigenvalue weighted by Gasteiger charge is 2.26. The maximum absolute atomic E-state index is 14.2. The summed E-state index contributed by atoms with van der Waals surface area (Å²) < 4.78 is 41.5. The Balaban J connectivity index is 2.57. The van der Waals surface area contributed by atoms with Gasteiger partial charge in [-0.1, -0.05) is 17.7 Å². The third kappa shape index (κ3) is 3.83. The summed E-state index contributed by atoms with van der Waals surface area (Å²) in [5.41, 5.74) is 0.0498. The molecule has 0 bridgehead atoms. The van der Waals surface area contributed by atoms with Crippen LogP contribution in [-0.2, 0) is 10.0 Å². The molecule has 25 heavy (non-hydrogen) atoms. The Morgan fingerprint density at radius 1 is 1.28 bits per heavy atom. The van der Waals surface area contributed by atoms with Crippen LogP contribution in [0.3, 0.4) is 0 Å². The summed E-state index contributed by atoms with van der Waals surface area (Å²) in [6, 6.07) is 6.08. The van der Waals surface area contributed by atoms with Crippen molar-refractivity contribution in [3.05, 3.63) is 56.8 Å². The van der Waals surface area contributed by atoms with Gasteiger partial charge in [-0.15, -0.1) is 0 Å². The van der Waals surface area contributed by atoms with Crippen molar-refractivity contribution in [3.63, 3.8) is 0 Å². The van der Waals surface area contributed by atoms with Crippen LogP contribution in [0, 0.1) is 22.9 Å². The summed E-state index contributed by atoms with van der Waals surface area (Å²) in [6.45, 7) is 1.33. The smallest absolute Gasteiger partial charge is 0.273 e. The van der Waals surface area contributed by atoms with Crippen LogP contribution in [0.4, 0.5) is 21.5 Å². The van der Waals surface area contributed by atoms with Gasteiger partial charge in [-0.05, 0) is 25.1 Å². The maximum atomic E-state index is 14.2. The second-order valence-corrected chi connectivity index (χ2v) is 7.52. The Hall–Kier alpha value is -2.39. The fourth-order valence-corrected chi connectivity index (χ4v) is 3.79. The van der Waals surface area contributed by atoms with E-state index in [0.29, 0.717) is 16.8 Å².